The van der Waals surface area contributed by atoms with E-state index in [2.05, 4.69) is 78.7 Å². The van der Waals surface area contributed by atoms with Gasteiger partial charge in [-0.1, -0.05) is 35.4 Å². The Labute approximate surface area is 173 Å². The molecular weight excluding hydrogens is 358 g/mol. The van der Waals surface area contributed by atoms with Crippen LogP contribution in [0, 0.1) is 13.8 Å². The van der Waals surface area contributed by atoms with E-state index in [0.29, 0.717) is 5.95 Å². The van der Waals surface area contributed by atoms with Crippen LogP contribution in [0.15, 0.2) is 54.6 Å². The van der Waals surface area contributed by atoms with Gasteiger partial charge in [-0.3, -0.25) is 0 Å². The van der Waals surface area contributed by atoms with Crippen LogP contribution in [0.4, 0.5) is 29.0 Å². The van der Waals surface area contributed by atoms with Crippen LogP contribution in [0.2, 0.25) is 0 Å². The molecule has 1 fully saturated rings. The minimum atomic E-state index is 0.700. The van der Waals surface area contributed by atoms with Crippen LogP contribution in [0.1, 0.15) is 30.4 Å². The first-order chi connectivity index (χ1) is 14.1. The average molecular weight is 388 g/mol. The van der Waals surface area contributed by atoms with E-state index >= 15 is 0 Å². The summed E-state index contributed by atoms with van der Waals surface area (Å²) in [5.74, 6) is 2.51. The fraction of sp³-hybridized carbons (Fsp3) is 0.333. The number of aromatic nitrogens is 2. The number of rotatable bonds is 5. The van der Waals surface area contributed by atoms with Gasteiger partial charge in [-0.2, -0.15) is 9.97 Å². The van der Waals surface area contributed by atoms with Crippen LogP contribution in [0.25, 0.3) is 0 Å². The predicted molar refractivity (Wildman–Crippen MR) is 122 cm³/mol. The van der Waals surface area contributed by atoms with Crippen molar-refractivity contribution in [1.29, 1.82) is 0 Å². The Morgan fingerprint density at radius 2 is 1.45 bits per heavy atom. The van der Waals surface area contributed by atoms with Crippen LogP contribution in [-0.4, -0.2) is 30.1 Å². The van der Waals surface area contributed by atoms with Gasteiger partial charge in [-0.25, -0.2) is 0 Å². The first-order valence-corrected chi connectivity index (χ1v) is 10.4. The Morgan fingerprint density at radius 1 is 0.828 bits per heavy atom. The summed E-state index contributed by atoms with van der Waals surface area (Å²) < 4.78 is 0. The van der Waals surface area contributed by atoms with Crippen molar-refractivity contribution in [3.63, 3.8) is 0 Å². The summed E-state index contributed by atoms with van der Waals surface area (Å²) >= 11 is 0. The number of nitrogens with zero attached hydrogens (tertiary/aromatic N) is 4. The molecule has 3 aromatic rings. The summed E-state index contributed by atoms with van der Waals surface area (Å²) in [6, 6.07) is 18.9. The lowest BCUT2D eigenvalue weighted by atomic mass is 10.1. The van der Waals surface area contributed by atoms with E-state index < -0.39 is 0 Å². The maximum Gasteiger partial charge on any atom is 0.233 e. The molecule has 1 aromatic heterocycles. The molecule has 4 rings (SSSR count). The monoisotopic (exact) mass is 387 g/mol. The summed E-state index contributed by atoms with van der Waals surface area (Å²) in [7, 11) is 2.02. The zero-order valence-electron chi connectivity index (χ0n) is 17.5. The quantitative estimate of drug-likeness (QED) is 0.618. The molecule has 150 valence electrons. The van der Waals surface area contributed by atoms with Crippen molar-refractivity contribution in [3.05, 3.63) is 65.7 Å². The van der Waals surface area contributed by atoms with Crippen LogP contribution in [0.3, 0.4) is 0 Å². The Hall–Kier alpha value is -3.08. The fourth-order valence-electron chi connectivity index (χ4n) is 3.59. The number of anilines is 5. The van der Waals surface area contributed by atoms with Crippen molar-refractivity contribution in [2.24, 2.45) is 0 Å². The van der Waals surface area contributed by atoms with Crippen molar-refractivity contribution in [1.82, 2.24) is 9.97 Å². The van der Waals surface area contributed by atoms with Gasteiger partial charge in [-0.05, 0) is 57.4 Å². The lowest BCUT2D eigenvalue weighted by molar-refractivity contribution is 0.573. The molecule has 2 heterocycles. The highest BCUT2D eigenvalue weighted by Gasteiger charge is 2.17. The average Bonchev–Trinajstić information content (AvgIpc) is 2.76. The molecule has 0 bridgehead atoms. The van der Waals surface area contributed by atoms with E-state index in [1.807, 2.05) is 11.9 Å². The van der Waals surface area contributed by atoms with Crippen molar-refractivity contribution >= 4 is 29.0 Å². The van der Waals surface area contributed by atoms with Gasteiger partial charge in [0, 0.05) is 37.6 Å². The van der Waals surface area contributed by atoms with Crippen LogP contribution in [0.5, 0.6) is 0 Å². The second-order valence-corrected chi connectivity index (χ2v) is 7.84. The Kier molecular flexibility index (Phi) is 5.65. The van der Waals surface area contributed by atoms with E-state index in [0.717, 1.165) is 36.1 Å². The predicted octanol–water partition coefficient (Wildman–Crippen LogP) is 5.60. The van der Waals surface area contributed by atoms with Gasteiger partial charge in [-0.15, -0.1) is 0 Å². The lowest BCUT2D eigenvalue weighted by Gasteiger charge is -2.29. The van der Waals surface area contributed by atoms with Gasteiger partial charge < -0.3 is 15.1 Å². The van der Waals surface area contributed by atoms with Gasteiger partial charge in [0.25, 0.3) is 0 Å². The third-order valence-corrected chi connectivity index (χ3v) is 5.43. The van der Waals surface area contributed by atoms with E-state index in [1.165, 1.54) is 30.4 Å². The molecule has 5 nitrogen and oxygen atoms in total. The molecule has 2 aromatic carbocycles. The molecule has 0 unspecified atom stereocenters. The summed E-state index contributed by atoms with van der Waals surface area (Å²) in [6.07, 6.45) is 3.73. The molecule has 5 heteroatoms. The number of piperidine rings is 1. The van der Waals surface area contributed by atoms with Gasteiger partial charge in [0.15, 0.2) is 0 Å². The first-order valence-electron chi connectivity index (χ1n) is 10.4. The molecule has 1 aliphatic rings. The highest BCUT2D eigenvalue weighted by molar-refractivity contribution is 5.65. The van der Waals surface area contributed by atoms with Crippen molar-refractivity contribution in [3.8, 4) is 0 Å². The van der Waals surface area contributed by atoms with E-state index in [4.69, 9.17) is 9.97 Å². The van der Waals surface area contributed by atoms with Crippen LogP contribution >= 0.6 is 0 Å². The molecule has 1 N–H and O–H groups in total. The summed E-state index contributed by atoms with van der Waals surface area (Å²) in [5, 5.41) is 3.46. The molecule has 0 amide bonds. The first kappa shape index (κ1) is 19.2. The largest absolute Gasteiger partial charge is 0.356 e. The molecule has 1 saturated heterocycles. The van der Waals surface area contributed by atoms with Gasteiger partial charge in [0.2, 0.25) is 5.95 Å². The molecule has 0 saturated carbocycles. The molecular formula is C24H29N5. The Bertz CT molecular complexity index is 944. The minimum absolute atomic E-state index is 0.700. The fourth-order valence-corrected chi connectivity index (χ4v) is 3.59. The summed E-state index contributed by atoms with van der Waals surface area (Å²) in [5.41, 5.74) is 4.59. The molecule has 1 aliphatic heterocycles. The number of hydrogen-bond acceptors (Lipinski definition) is 5. The second-order valence-electron chi connectivity index (χ2n) is 7.84. The smallest absolute Gasteiger partial charge is 0.233 e. The molecule has 0 radical (unpaired) electrons. The Morgan fingerprint density at radius 3 is 2.10 bits per heavy atom. The third-order valence-electron chi connectivity index (χ3n) is 5.43. The van der Waals surface area contributed by atoms with E-state index in [1.54, 1.807) is 0 Å². The summed E-state index contributed by atoms with van der Waals surface area (Å²) in [6.45, 7) is 6.29. The lowest BCUT2D eigenvalue weighted by Crippen LogP contribution is -2.30. The van der Waals surface area contributed by atoms with Gasteiger partial charge >= 0.3 is 0 Å². The number of nitrogens with one attached hydrogen (secondary N) is 1. The van der Waals surface area contributed by atoms with Crippen LogP contribution in [-0.2, 0) is 0 Å². The van der Waals surface area contributed by atoms with Crippen molar-refractivity contribution < 1.29 is 0 Å². The summed E-state index contributed by atoms with van der Waals surface area (Å²) in [4.78, 5) is 14.2. The third kappa shape index (κ3) is 4.67. The SMILES string of the molecule is Cc1ccc(Nc2cc(N3CCCCC3)nc(N(C)c3ccc(C)cc3)n2)cc1. The molecule has 0 spiro atoms. The van der Waals surface area contributed by atoms with E-state index in [-0.39, 0.29) is 0 Å². The topological polar surface area (TPSA) is 44.3 Å². The molecule has 0 aliphatic carbocycles. The van der Waals surface area contributed by atoms with Crippen LogP contribution < -0.4 is 15.1 Å². The van der Waals surface area contributed by atoms with Gasteiger partial charge in [0.05, 0.1) is 0 Å². The maximum atomic E-state index is 4.91. The normalized spacial score (nSPS) is 14.0. The molecule has 0 atom stereocenters. The second kappa shape index (κ2) is 8.52. The van der Waals surface area contributed by atoms with Gasteiger partial charge in [0.1, 0.15) is 11.6 Å². The highest BCUT2D eigenvalue weighted by atomic mass is 15.3. The van der Waals surface area contributed by atoms with Crippen molar-refractivity contribution in [2.45, 2.75) is 33.1 Å². The van der Waals surface area contributed by atoms with Crippen molar-refractivity contribution in [2.75, 3.05) is 35.3 Å². The molecule has 29 heavy (non-hydrogen) atoms. The standard InChI is InChI=1S/C24H29N5/c1-18-7-11-20(12-8-18)25-22-17-23(29-15-5-4-6-16-29)27-24(26-22)28(3)21-13-9-19(2)10-14-21/h7-14,17H,4-6,15-16H2,1-3H3,(H,25,26,27). The zero-order valence-corrected chi connectivity index (χ0v) is 17.5. The minimum Gasteiger partial charge on any atom is -0.356 e. The zero-order chi connectivity index (χ0) is 20.2. The number of benzene rings is 2. The van der Waals surface area contributed by atoms with E-state index in [9.17, 15) is 0 Å². The number of hydrogen-bond donors (Lipinski definition) is 1. The highest BCUT2D eigenvalue weighted by Crippen LogP contribution is 2.28. The Balaban J connectivity index is 1.68. The maximum absolute atomic E-state index is 4.91. The number of aryl methyl sites for hydroxylation is 2.